The molecule has 1 aromatic heterocycles. The number of anilines is 1. The summed E-state index contributed by atoms with van der Waals surface area (Å²) in [5.41, 5.74) is 2.21. The monoisotopic (exact) mass is 494 g/mol. The largest absolute Gasteiger partial charge is 0.459 e. The van der Waals surface area contributed by atoms with Gasteiger partial charge in [-0.25, -0.2) is 0 Å². The smallest absolute Gasteiger partial charge is 0.287 e. The van der Waals surface area contributed by atoms with E-state index < -0.39 is 5.91 Å². The first-order valence-electron chi connectivity index (χ1n) is 12.8. The van der Waals surface area contributed by atoms with Crippen LogP contribution in [0, 0.1) is 11.8 Å². The molecule has 2 fully saturated rings. The van der Waals surface area contributed by atoms with Crippen LogP contribution in [0.1, 0.15) is 54.3 Å². The Morgan fingerprint density at radius 1 is 1.11 bits per heavy atom. The van der Waals surface area contributed by atoms with Crippen LogP contribution < -0.4 is 16.0 Å². The van der Waals surface area contributed by atoms with E-state index in [1.807, 2.05) is 17.0 Å². The van der Waals surface area contributed by atoms with Gasteiger partial charge in [-0.05, 0) is 43.0 Å². The molecule has 1 saturated heterocycles. The molecular formula is C27H34N4O5. The average Bonchev–Trinajstić information content (AvgIpc) is 3.59. The topological polar surface area (TPSA) is 113 Å². The maximum Gasteiger partial charge on any atom is 0.287 e. The molecule has 5 rings (SSSR count). The maximum absolute atomic E-state index is 14.0. The van der Waals surface area contributed by atoms with Crippen LogP contribution >= 0.6 is 0 Å². The number of fused-ring (bicyclic) bond motifs is 3. The summed E-state index contributed by atoms with van der Waals surface area (Å²) in [4.78, 5) is 40.8. The van der Waals surface area contributed by atoms with Crippen LogP contribution in [-0.2, 0) is 14.3 Å². The number of rotatable bonds is 7. The molecule has 3 heterocycles. The number of nitrogens with zero attached hydrogens (tertiary/aromatic N) is 1. The molecule has 0 radical (unpaired) electrons. The Hall–Kier alpha value is -3.33. The summed E-state index contributed by atoms with van der Waals surface area (Å²) in [6, 6.07) is 11.3. The molecule has 0 unspecified atom stereocenters. The minimum atomic E-state index is -0.440. The van der Waals surface area contributed by atoms with Gasteiger partial charge in [0.15, 0.2) is 5.76 Å². The number of furan rings is 1. The molecule has 5 atom stereocenters. The number of hydrogen-bond donors (Lipinski definition) is 3. The molecule has 1 aliphatic carbocycles. The second-order valence-corrected chi connectivity index (χ2v) is 9.95. The normalized spacial score (nSPS) is 26.9. The van der Waals surface area contributed by atoms with Crippen LogP contribution in [0.2, 0.25) is 0 Å². The number of benzene rings is 1. The van der Waals surface area contributed by atoms with Gasteiger partial charge < -0.3 is 30.0 Å². The minimum absolute atomic E-state index is 0.000891. The highest BCUT2D eigenvalue weighted by molar-refractivity contribution is 5.94. The predicted octanol–water partition coefficient (Wildman–Crippen LogP) is 2.71. The van der Waals surface area contributed by atoms with Gasteiger partial charge in [-0.2, -0.15) is 0 Å². The highest BCUT2D eigenvalue weighted by atomic mass is 16.5. The number of amides is 3. The minimum Gasteiger partial charge on any atom is -0.459 e. The zero-order valence-corrected chi connectivity index (χ0v) is 20.6. The van der Waals surface area contributed by atoms with Crippen molar-refractivity contribution < 1.29 is 23.5 Å². The van der Waals surface area contributed by atoms with E-state index in [0.29, 0.717) is 13.2 Å². The number of carbonyl (C=O) groups excluding carboxylic acids is 3. The molecule has 3 amide bonds. The fraction of sp³-hybridized carbons (Fsp3) is 0.519. The molecule has 2 aliphatic heterocycles. The molecule has 0 spiro atoms. The van der Waals surface area contributed by atoms with Crippen molar-refractivity contribution in [3.63, 3.8) is 0 Å². The molecule has 1 aromatic carbocycles. The number of ether oxygens (including phenoxy) is 1. The van der Waals surface area contributed by atoms with Crippen LogP contribution in [0.3, 0.4) is 0 Å². The number of methoxy groups -OCH3 is 1. The SMILES string of the molecule is COC[C@@H]1Nc2ccccc2[C@H]2[C@H]1CCN2C(=O)[C@H]1CCCC[C@H]1NC(=O)CNC(=O)c1ccco1. The Labute approximate surface area is 210 Å². The quantitative estimate of drug-likeness (QED) is 0.546. The van der Waals surface area contributed by atoms with Gasteiger partial charge in [-0.3, -0.25) is 14.4 Å². The Balaban J connectivity index is 1.28. The van der Waals surface area contributed by atoms with Gasteiger partial charge in [0.05, 0.1) is 37.4 Å². The summed E-state index contributed by atoms with van der Waals surface area (Å²) in [5, 5.41) is 9.23. The summed E-state index contributed by atoms with van der Waals surface area (Å²) in [6.07, 6.45) is 5.74. The van der Waals surface area contributed by atoms with Crippen molar-refractivity contribution in [3.05, 3.63) is 54.0 Å². The highest BCUT2D eigenvalue weighted by Gasteiger charge is 2.48. The summed E-state index contributed by atoms with van der Waals surface area (Å²) >= 11 is 0. The first-order valence-corrected chi connectivity index (χ1v) is 12.8. The molecule has 0 bridgehead atoms. The van der Waals surface area contributed by atoms with Crippen molar-refractivity contribution in [2.75, 3.05) is 32.1 Å². The summed E-state index contributed by atoms with van der Waals surface area (Å²) in [7, 11) is 1.71. The van der Waals surface area contributed by atoms with Crippen LogP contribution in [0.5, 0.6) is 0 Å². The van der Waals surface area contributed by atoms with Gasteiger partial charge in [-0.15, -0.1) is 0 Å². The molecule has 1 saturated carbocycles. The lowest BCUT2D eigenvalue weighted by molar-refractivity contribution is -0.139. The van der Waals surface area contributed by atoms with Crippen LogP contribution in [0.15, 0.2) is 47.1 Å². The van der Waals surface area contributed by atoms with Crippen molar-refractivity contribution >= 4 is 23.4 Å². The van der Waals surface area contributed by atoms with E-state index in [2.05, 4.69) is 28.1 Å². The van der Waals surface area contributed by atoms with E-state index in [4.69, 9.17) is 9.15 Å². The van der Waals surface area contributed by atoms with Crippen molar-refractivity contribution in [2.24, 2.45) is 11.8 Å². The first kappa shape index (κ1) is 24.4. The van der Waals surface area contributed by atoms with Crippen molar-refractivity contribution in [2.45, 2.75) is 50.2 Å². The molecule has 2 aromatic rings. The van der Waals surface area contributed by atoms with E-state index in [0.717, 1.165) is 43.4 Å². The zero-order valence-electron chi connectivity index (χ0n) is 20.6. The predicted molar refractivity (Wildman–Crippen MR) is 133 cm³/mol. The lowest BCUT2D eigenvalue weighted by Gasteiger charge is -2.41. The van der Waals surface area contributed by atoms with Crippen molar-refractivity contribution in [1.82, 2.24) is 15.5 Å². The average molecular weight is 495 g/mol. The fourth-order valence-corrected chi connectivity index (χ4v) is 6.15. The van der Waals surface area contributed by atoms with Gasteiger partial charge in [0.25, 0.3) is 5.91 Å². The van der Waals surface area contributed by atoms with E-state index in [9.17, 15) is 14.4 Å². The lowest BCUT2D eigenvalue weighted by Crippen LogP contribution is -2.52. The number of carbonyl (C=O) groups is 3. The Morgan fingerprint density at radius 2 is 1.94 bits per heavy atom. The first-order chi connectivity index (χ1) is 17.6. The second kappa shape index (κ2) is 10.7. The third-order valence-electron chi connectivity index (χ3n) is 7.80. The maximum atomic E-state index is 14.0. The molecule has 9 nitrogen and oxygen atoms in total. The molecule has 192 valence electrons. The van der Waals surface area contributed by atoms with Crippen molar-refractivity contribution in [3.8, 4) is 0 Å². The number of hydrogen-bond acceptors (Lipinski definition) is 6. The van der Waals surface area contributed by atoms with Gasteiger partial charge in [0.2, 0.25) is 11.8 Å². The number of nitrogens with one attached hydrogen (secondary N) is 3. The van der Waals surface area contributed by atoms with E-state index in [1.54, 1.807) is 19.2 Å². The van der Waals surface area contributed by atoms with Crippen LogP contribution in [0.4, 0.5) is 5.69 Å². The van der Waals surface area contributed by atoms with E-state index in [1.165, 1.54) is 6.26 Å². The Bertz CT molecular complexity index is 1090. The number of para-hydroxylation sites is 1. The second-order valence-electron chi connectivity index (χ2n) is 9.95. The molecular weight excluding hydrogens is 460 g/mol. The zero-order chi connectivity index (χ0) is 25.1. The highest BCUT2D eigenvalue weighted by Crippen LogP contribution is 2.47. The van der Waals surface area contributed by atoms with Gasteiger partial charge in [-0.1, -0.05) is 31.0 Å². The fourth-order valence-electron chi connectivity index (χ4n) is 6.15. The Morgan fingerprint density at radius 3 is 2.75 bits per heavy atom. The molecule has 36 heavy (non-hydrogen) atoms. The van der Waals surface area contributed by atoms with Gasteiger partial charge >= 0.3 is 0 Å². The molecule has 3 N–H and O–H groups in total. The van der Waals surface area contributed by atoms with E-state index >= 15 is 0 Å². The molecule has 3 aliphatic rings. The summed E-state index contributed by atoms with van der Waals surface area (Å²) in [6.45, 7) is 1.12. The van der Waals surface area contributed by atoms with Crippen LogP contribution in [-0.4, -0.2) is 61.5 Å². The third kappa shape index (κ3) is 4.84. The number of likely N-dealkylation sites (tertiary alicyclic amines) is 1. The lowest BCUT2D eigenvalue weighted by atomic mass is 9.81. The third-order valence-corrected chi connectivity index (χ3v) is 7.80. The van der Waals surface area contributed by atoms with Crippen molar-refractivity contribution in [1.29, 1.82) is 0 Å². The van der Waals surface area contributed by atoms with Gasteiger partial charge in [0, 0.05) is 31.3 Å². The standard InChI is InChI=1S/C27H34N4O5/c1-35-16-22-18-12-13-31(25(18)17-7-2-4-9-20(17)29-22)27(34)19-8-3-5-10-21(19)30-24(32)15-28-26(33)23-11-6-14-36-23/h2,4,6-7,9,11,14,18-19,21-22,25,29H,3,5,8,10,12-13,15-16H2,1H3,(H,28,33)(H,30,32)/t18-,19-,21+,22-,25-/m0/s1. The summed E-state index contributed by atoms with van der Waals surface area (Å²) < 4.78 is 10.6. The van der Waals surface area contributed by atoms with Crippen LogP contribution in [0.25, 0.3) is 0 Å². The Kier molecular flexibility index (Phi) is 7.27. The molecule has 9 heteroatoms. The van der Waals surface area contributed by atoms with Gasteiger partial charge in [0.1, 0.15) is 0 Å². The summed E-state index contributed by atoms with van der Waals surface area (Å²) in [5.74, 6) is -0.468. The van der Waals surface area contributed by atoms with E-state index in [-0.39, 0.29) is 54.1 Å².